The van der Waals surface area contributed by atoms with Crippen LogP contribution in [0.15, 0.2) is 12.2 Å². The summed E-state index contributed by atoms with van der Waals surface area (Å²) in [5.74, 6) is 3.21. The van der Waals surface area contributed by atoms with Crippen LogP contribution in [-0.2, 0) is 0 Å². The molecule has 0 saturated carbocycles. The molecule has 0 heterocycles. The number of unbranched alkanes of at least 4 members (excludes halogenated alkanes) is 4. The van der Waals surface area contributed by atoms with Gasteiger partial charge >= 0.3 is 0 Å². The van der Waals surface area contributed by atoms with Crippen molar-refractivity contribution in [3.05, 3.63) is 12.2 Å². The minimum absolute atomic E-state index is 0.372. The first-order chi connectivity index (χ1) is 6.85. The summed E-state index contributed by atoms with van der Waals surface area (Å²) in [5, 5.41) is 0. The molecule has 14 heavy (non-hydrogen) atoms. The summed E-state index contributed by atoms with van der Waals surface area (Å²) < 4.78 is 0. The Labute approximate surface area is 89.8 Å². The van der Waals surface area contributed by atoms with E-state index in [2.05, 4.69) is 31.9 Å². The number of rotatable bonds is 8. The molecule has 0 aliphatic heterocycles. The van der Waals surface area contributed by atoms with Crippen LogP contribution in [0.2, 0.25) is 0 Å². The number of terminal acetylenes is 1. The second-order valence-corrected chi connectivity index (χ2v) is 3.84. The van der Waals surface area contributed by atoms with Crippen LogP contribution < -0.4 is 0 Å². The van der Waals surface area contributed by atoms with Crippen molar-refractivity contribution in [3.63, 3.8) is 0 Å². The fraction of sp³-hybridized carbons (Fsp3) is 0.714. The highest BCUT2D eigenvalue weighted by Gasteiger charge is 1.97. The van der Waals surface area contributed by atoms with Crippen molar-refractivity contribution in [1.29, 1.82) is 0 Å². The standard InChI is InChI=1S/C14H24/c1-4-7-9-10-11-13-14(6-3)12-8-5-2/h3,11,13-14H,4-5,7-10,12H2,1-2H3. The van der Waals surface area contributed by atoms with E-state index in [-0.39, 0.29) is 0 Å². The SMILES string of the molecule is C#CC(C=CCCCCC)CCCC. The second kappa shape index (κ2) is 10.4. The van der Waals surface area contributed by atoms with Crippen LogP contribution in [0.4, 0.5) is 0 Å². The summed E-state index contributed by atoms with van der Waals surface area (Å²) in [7, 11) is 0. The Morgan fingerprint density at radius 2 is 1.86 bits per heavy atom. The first-order valence-electron chi connectivity index (χ1n) is 5.97. The minimum Gasteiger partial charge on any atom is -0.119 e. The van der Waals surface area contributed by atoms with E-state index in [0.29, 0.717) is 5.92 Å². The van der Waals surface area contributed by atoms with Crippen LogP contribution in [0.25, 0.3) is 0 Å². The molecule has 0 amide bonds. The Kier molecular flexibility index (Phi) is 9.86. The molecule has 0 saturated heterocycles. The highest BCUT2D eigenvalue weighted by Crippen LogP contribution is 2.10. The van der Waals surface area contributed by atoms with Crippen LogP contribution in [0.5, 0.6) is 0 Å². The summed E-state index contributed by atoms with van der Waals surface area (Å²) in [5.41, 5.74) is 0. The lowest BCUT2D eigenvalue weighted by Gasteiger charge is -2.03. The van der Waals surface area contributed by atoms with Crippen LogP contribution in [-0.4, -0.2) is 0 Å². The monoisotopic (exact) mass is 192 g/mol. The van der Waals surface area contributed by atoms with Crippen LogP contribution >= 0.6 is 0 Å². The molecular weight excluding hydrogens is 168 g/mol. The van der Waals surface area contributed by atoms with Crippen LogP contribution in [0.1, 0.15) is 58.8 Å². The van der Waals surface area contributed by atoms with Crippen molar-refractivity contribution in [3.8, 4) is 12.3 Å². The van der Waals surface area contributed by atoms with Crippen molar-refractivity contribution in [2.75, 3.05) is 0 Å². The molecule has 0 radical (unpaired) electrons. The van der Waals surface area contributed by atoms with Crippen molar-refractivity contribution >= 4 is 0 Å². The van der Waals surface area contributed by atoms with Crippen molar-refractivity contribution in [2.24, 2.45) is 5.92 Å². The molecule has 1 unspecified atom stereocenters. The van der Waals surface area contributed by atoms with Crippen molar-refractivity contribution in [2.45, 2.75) is 58.8 Å². The Morgan fingerprint density at radius 3 is 2.43 bits per heavy atom. The fourth-order valence-electron chi connectivity index (χ4n) is 1.43. The maximum absolute atomic E-state index is 5.45. The highest BCUT2D eigenvalue weighted by molar-refractivity contribution is 5.04. The highest BCUT2D eigenvalue weighted by atomic mass is 14.0. The second-order valence-electron chi connectivity index (χ2n) is 3.84. The molecule has 80 valence electrons. The van der Waals surface area contributed by atoms with Gasteiger partial charge < -0.3 is 0 Å². The number of allylic oxidation sites excluding steroid dienone is 2. The van der Waals surface area contributed by atoms with Gasteiger partial charge in [-0.25, -0.2) is 0 Å². The van der Waals surface area contributed by atoms with E-state index >= 15 is 0 Å². The molecule has 0 aliphatic carbocycles. The molecule has 0 heteroatoms. The van der Waals surface area contributed by atoms with Gasteiger partial charge in [-0.2, -0.15) is 0 Å². The lowest BCUT2D eigenvalue weighted by Crippen LogP contribution is -1.91. The molecule has 0 aliphatic rings. The average molecular weight is 192 g/mol. The van der Waals surface area contributed by atoms with E-state index in [0.717, 1.165) is 6.42 Å². The smallest absolute Gasteiger partial charge is 0.0380 e. The molecule has 0 nitrogen and oxygen atoms in total. The predicted molar refractivity (Wildman–Crippen MR) is 65.1 cm³/mol. The number of hydrogen-bond donors (Lipinski definition) is 0. The lowest BCUT2D eigenvalue weighted by molar-refractivity contribution is 0.652. The summed E-state index contributed by atoms with van der Waals surface area (Å²) >= 11 is 0. The lowest BCUT2D eigenvalue weighted by atomic mass is 10.0. The summed E-state index contributed by atoms with van der Waals surface area (Å²) in [6, 6.07) is 0. The Hall–Kier alpha value is -0.700. The normalized spacial score (nSPS) is 12.9. The maximum atomic E-state index is 5.45. The zero-order valence-electron chi connectivity index (χ0n) is 9.76. The third kappa shape index (κ3) is 7.92. The summed E-state index contributed by atoms with van der Waals surface area (Å²) in [4.78, 5) is 0. The third-order valence-electron chi connectivity index (χ3n) is 2.43. The van der Waals surface area contributed by atoms with Gasteiger partial charge in [0, 0.05) is 5.92 Å². The molecule has 0 aromatic carbocycles. The summed E-state index contributed by atoms with van der Waals surface area (Å²) in [6.45, 7) is 4.44. The average Bonchev–Trinajstić information content (AvgIpc) is 2.22. The van der Waals surface area contributed by atoms with Crippen molar-refractivity contribution < 1.29 is 0 Å². The van der Waals surface area contributed by atoms with Gasteiger partial charge in [-0.3, -0.25) is 0 Å². The fourth-order valence-corrected chi connectivity index (χ4v) is 1.43. The minimum atomic E-state index is 0.372. The molecule has 0 spiro atoms. The Balaban J connectivity index is 3.54. The van der Waals surface area contributed by atoms with Gasteiger partial charge in [0.2, 0.25) is 0 Å². The van der Waals surface area contributed by atoms with Gasteiger partial charge in [-0.15, -0.1) is 6.42 Å². The van der Waals surface area contributed by atoms with Gasteiger partial charge in [0.05, 0.1) is 0 Å². The summed E-state index contributed by atoms with van der Waals surface area (Å²) in [6.07, 6.45) is 18.7. The topological polar surface area (TPSA) is 0 Å². The largest absolute Gasteiger partial charge is 0.119 e. The van der Waals surface area contributed by atoms with E-state index in [1.807, 2.05) is 0 Å². The van der Waals surface area contributed by atoms with E-state index in [4.69, 9.17) is 6.42 Å². The zero-order chi connectivity index (χ0) is 10.6. The van der Waals surface area contributed by atoms with E-state index in [9.17, 15) is 0 Å². The van der Waals surface area contributed by atoms with E-state index in [1.165, 1.54) is 38.5 Å². The molecule has 0 N–H and O–H groups in total. The zero-order valence-corrected chi connectivity index (χ0v) is 9.76. The van der Waals surface area contributed by atoms with Gasteiger partial charge in [0.1, 0.15) is 0 Å². The van der Waals surface area contributed by atoms with Crippen LogP contribution in [0, 0.1) is 18.3 Å². The van der Waals surface area contributed by atoms with Gasteiger partial charge in [-0.1, -0.05) is 57.6 Å². The van der Waals surface area contributed by atoms with Gasteiger partial charge in [0.25, 0.3) is 0 Å². The molecule has 0 aromatic heterocycles. The van der Waals surface area contributed by atoms with Crippen LogP contribution in [0.3, 0.4) is 0 Å². The Morgan fingerprint density at radius 1 is 1.14 bits per heavy atom. The quantitative estimate of drug-likeness (QED) is 0.300. The molecule has 0 fully saturated rings. The molecule has 1 atom stereocenters. The predicted octanol–water partition coefficient (Wildman–Crippen LogP) is 4.56. The van der Waals surface area contributed by atoms with Crippen molar-refractivity contribution in [1.82, 2.24) is 0 Å². The van der Waals surface area contributed by atoms with Gasteiger partial charge in [0.15, 0.2) is 0 Å². The van der Waals surface area contributed by atoms with Gasteiger partial charge in [-0.05, 0) is 19.3 Å². The Bertz CT molecular complexity index is 171. The van der Waals surface area contributed by atoms with E-state index in [1.54, 1.807) is 0 Å². The first-order valence-corrected chi connectivity index (χ1v) is 5.97. The molecule has 0 aromatic rings. The maximum Gasteiger partial charge on any atom is 0.0380 e. The third-order valence-corrected chi connectivity index (χ3v) is 2.43. The molecule has 0 rings (SSSR count). The molecule has 0 bridgehead atoms. The number of hydrogen-bond acceptors (Lipinski definition) is 0. The first kappa shape index (κ1) is 13.3. The molecular formula is C14H24. The van der Waals surface area contributed by atoms with E-state index < -0.39 is 0 Å².